The number of nitrogens with one attached hydrogen (secondary N) is 4. The molecule has 0 fully saturated rings. The van der Waals surface area contributed by atoms with Crippen LogP contribution in [0, 0.1) is 5.82 Å². The predicted octanol–water partition coefficient (Wildman–Crippen LogP) is 4.70. The number of aromatic nitrogens is 2. The van der Waals surface area contributed by atoms with Crippen LogP contribution in [0.2, 0.25) is 0 Å². The minimum Gasteiger partial charge on any atom is -0.381 e. The Balaban J connectivity index is 1.63. The van der Waals surface area contributed by atoms with Crippen molar-refractivity contribution in [3.63, 3.8) is 0 Å². The van der Waals surface area contributed by atoms with Crippen molar-refractivity contribution in [2.75, 3.05) is 55.5 Å². The molecule has 0 unspecified atom stereocenters. The van der Waals surface area contributed by atoms with Crippen molar-refractivity contribution < 1.29 is 14.0 Å². The van der Waals surface area contributed by atoms with Gasteiger partial charge >= 0.3 is 0 Å². The molecule has 2 amide bonds. The quantitative estimate of drug-likeness (QED) is 0.209. The molecule has 3 aromatic rings. The van der Waals surface area contributed by atoms with E-state index in [-0.39, 0.29) is 17.6 Å². The molecule has 0 spiro atoms. The summed E-state index contributed by atoms with van der Waals surface area (Å²) in [5.41, 5.74) is 2.79. The van der Waals surface area contributed by atoms with Crippen molar-refractivity contribution in [3.05, 3.63) is 78.3 Å². The van der Waals surface area contributed by atoms with E-state index in [1.54, 1.807) is 44.4 Å². The molecule has 41 heavy (non-hydrogen) atoms. The number of likely N-dealkylation sites (N-methyl/N-ethyl adjacent to an activating group) is 2. The van der Waals surface area contributed by atoms with Gasteiger partial charge in [0.05, 0.1) is 0 Å². The molecule has 0 aliphatic carbocycles. The second-order valence-corrected chi connectivity index (χ2v) is 9.84. The molecular weight excluding hydrogens is 523 g/mol. The summed E-state index contributed by atoms with van der Waals surface area (Å²) >= 11 is 0. The lowest BCUT2D eigenvalue weighted by Crippen LogP contribution is -2.42. The second kappa shape index (κ2) is 15.3. The molecule has 0 saturated heterocycles. The van der Waals surface area contributed by atoms with E-state index < -0.39 is 6.04 Å². The molecule has 218 valence electrons. The van der Waals surface area contributed by atoms with Gasteiger partial charge in [-0.3, -0.25) is 9.59 Å². The van der Waals surface area contributed by atoms with E-state index in [1.807, 2.05) is 37.2 Å². The molecule has 1 aromatic heterocycles. The summed E-state index contributed by atoms with van der Waals surface area (Å²) in [7, 11) is 5.44. The molecule has 1 heterocycles. The van der Waals surface area contributed by atoms with Gasteiger partial charge in [0.2, 0.25) is 17.8 Å². The summed E-state index contributed by atoms with van der Waals surface area (Å²) in [6.07, 6.45) is 5.87. The predicted molar refractivity (Wildman–Crippen MR) is 163 cm³/mol. The van der Waals surface area contributed by atoms with Crippen LogP contribution in [0.25, 0.3) is 0 Å². The maximum Gasteiger partial charge on any atom is 0.246 e. The highest BCUT2D eigenvalue weighted by atomic mass is 19.1. The second-order valence-electron chi connectivity index (χ2n) is 9.84. The Bertz CT molecular complexity index is 1350. The van der Waals surface area contributed by atoms with Crippen LogP contribution in [0.1, 0.15) is 25.8 Å². The van der Waals surface area contributed by atoms with Gasteiger partial charge in [-0.2, -0.15) is 4.98 Å². The van der Waals surface area contributed by atoms with Gasteiger partial charge in [0.15, 0.2) is 0 Å². The van der Waals surface area contributed by atoms with E-state index in [0.29, 0.717) is 36.2 Å². The van der Waals surface area contributed by atoms with E-state index >= 15 is 0 Å². The number of benzene rings is 2. The molecular formula is C30H39FN8O2. The van der Waals surface area contributed by atoms with Crippen LogP contribution in [0.15, 0.2) is 66.9 Å². The molecule has 1 atom stereocenters. The molecule has 0 aliphatic rings. The number of hydrogen-bond donors (Lipinski definition) is 4. The third-order valence-electron chi connectivity index (χ3n) is 6.14. The Morgan fingerprint density at radius 3 is 2.49 bits per heavy atom. The fourth-order valence-corrected chi connectivity index (χ4v) is 3.69. The summed E-state index contributed by atoms with van der Waals surface area (Å²) < 4.78 is 13.6. The molecule has 0 radical (unpaired) electrons. The smallest absolute Gasteiger partial charge is 0.246 e. The molecule has 3 rings (SSSR count). The highest BCUT2D eigenvalue weighted by Crippen LogP contribution is 2.21. The average molecular weight is 563 g/mol. The molecule has 0 saturated carbocycles. The maximum atomic E-state index is 13.6. The van der Waals surface area contributed by atoms with E-state index in [2.05, 4.69) is 38.2 Å². The number of hydrogen-bond acceptors (Lipinski definition) is 8. The van der Waals surface area contributed by atoms with E-state index in [0.717, 1.165) is 24.2 Å². The van der Waals surface area contributed by atoms with Gasteiger partial charge < -0.3 is 31.1 Å². The Hall–Kier alpha value is -4.51. The van der Waals surface area contributed by atoms with Crippen LogP contribution >= 0.6 is 0 Å². The number of carbonyl (C=O) groups is 2. The first-order chi connectivity index (χ1) is 19.7. The minimum atomic E-state index is -0.660. The van der Waals surface area contributed by atoms with Gasteiger partial charge in [-0.05, 0) is 63.8 Å². The molecule has 0 aliphatic heterocycles. The first-order valence-electron chi connectivity index (χ1n) is 13.5. The van der Waals surface area contributed by atoms with Crippen molar-refractivity contribution in [2.45, 2.75) is 32.9 Å². The number of rotatable bonds is 14. The molecule has 0 bridgehead atoms. The third kappa shape index (κ3) is 9.87. The fraction of sp³-hybridized carbons (Fsp3) is 0.333. The number of anilines is 5. The van der Waals surface area contributed by atoms with Gasteiger partial charge in [0.1, 0.15) is 17.7 Å². The standard InChI is InChI=1S/C30H39FN8O2/c1-6-15-32-28-22(20-34-30(37-28)36-25-12-7-10-23(31)17-25)19-33-24-11-8-13-26(18-24)35-29(41)21(2)39(5)27(40)14-9-16-38(3)4/h7-14,17-18,20-21,33H,6,15-16,19H2,1-5H3,(H,35,41)(H2,32,34,36,37)/t21-/m0/s1. The van der Waals surface area contributed by atoms with Crippen molar-refractivity contribution in [1.82, 2.24) is 19.8 Å². The Morgan fingerprint density at radius 2 is 1.76 bits per heavy atom. The van der Waals surface area contributed by atoms with Gasteiger partial charge in [-0.15, -0.1) is 0 Å². The van der Waals surface area contributed by atoms with Crippen molar-refractivity contribution in [2.24, 2.45) is 0 Å². The van der Waals surface area contributed by atoms with Crippen LogP contribution in [-0.4, -0.2) is 71.9 Å². The molecule has 11 heteroatoms. The maximum absolute atomic E-state index is 13.6. The van der Waals surface area contributed by atoms with Crippen LogP contribution in [0.3, 0.4) is 0 Å². The summed E-state index contributed by atoms with van der Waals surface area (Å²) in [6, 6.07) is 12.8. The highest BCUT2D eigenvalue weighted by molar-refractivity contribution is 5.98. The Morgan fingerprint density at radius 1 is 1.02 bits per heavy atom. The Labute approximate surface area is 241 Å². The van der Waals surface area contributed by atoms with E-state index in [1.165, 1.54) is 23.1 Å². The summed E-state index contributed by atoms with van der Waals surface area (Å²) in [4.78, 5) is 37.6. The normalized spacial score (nSPS) is 11.8. The highest BCUT2D eigenvalue weighted by Gasteiger charge is 2.21. The summed E-state index contributed by atoms with van der Waals surface area (Å²) in [5, 5.41) is 12.6. The van der Waals surface area contributed by atoms with Gasteiger partial charge in [-0.25, -0.2) is 9.37 Å². The average Bonchev–Trinajstić information content (AvgIpc) is 2.94. The van der Waals surface area contributed by atoms with Crippen LogP contribution in [0.4, 0.5) is 33.2 Å². The fourth-order valence-electron chi connectivity index (χ4n) is 3.69. The van der Waals surface area contributed by atoms with Gasteiger partial charge in [-0.1, -0.05) is 25.1 Å². The number of amides is 2. The SMILES string of the molecule is CCCNc1nc(Nc2cccc(F)c2)ncc1CNc1cccc(NC(=O)[C@H](C)N(C)C(=O)C=CCN(C)C)c1. The van der Waals surface area contributed by atoms with Crippen LogP contribution in [0.5, 0.6) is 0 Å². The Kier molecular flexibility index (Phi) is 11.6. The largest absolute Gasteiger partial charge is 0.381 e. The van der Waals surface area contributed by atoms with Crippen molar-refractivity contribution in [3.8, 4) is 0 Å². The number of halogens is 1. The number of nitrogens with zero attached hydrogens (tertiary/aromatic N) is 4. The van der Waals surface area contributed by atoms with E-state index in [4.69, 9.17) is 0 Å². The minimum absolute atomic E-state index is 0.239. The first-order valence-corrected chi connectivity index (χ1v) is 13.5. The monoisotopic (exact) mass is 562 g/mol. The summed E-state index contributed by atoms with van der Waals surface area (Å²) in [5.74, 6) is 0.144. The lowest BCUT2D eigenvalue weighted by Gasteiger charge is -2.23. The molecule has 10 nitrogen and oxygen atoms in total. The topological polar surface area (TPSA) is 115 Å². The van der Waals surface area contributed by atoms with Crippen molar-refractivity contribution in [1.29, 1.82) is 0 Å². The molecule has 4 N–H and O–H groups in total. The lowest BCUT2D eigenvalue weighted by molar-refractivity contribution is -0.132. The summed E-state index contributed by atoms with van der Waals surface area (Å²) in [6.45, 7) is 5.54. The van der Waals surface area contributed by atoms with Gasteiger partial charge in [0, 0.05) is 61.6 Å². The van der Waals surface area contributed by atoms with Crippen LogP contribution < -0.4 is 21.3 Å². The van der Waals surface area contributed by atoms with Crippen molar-refractivity contribution >= 4 is 40.6 Å². The van der Waals surface area contributed by atoms with E-state index in [9.17, 15) is 14.0 Å². The number of carbonyl (C=O) groups excluding carboxylic acids is 2. The zero-order valence-corrected chi connectivity index (χ0v) is 24.2. The first kappa shape index (κ1) is 31.0. The third-order valence-corrected chi connectivity index (χ3v) is 6.14. The lowest BCUT2D eigenvalue weighted by atomic mass is 10.2. The van der Waals surface area contributed by atoms with Crippen LogP contribution in [-0.2, 0) is 16.1 Å². The van der Waals surface area contributed by atoms with Gasteiger partial charge in [0.25, 0.3) is 0 Å². The molecule has 2 aromatic carbocycles. The zero-order valence-electron chi connectivity index (χ0n) is 24.2. The zero-order chi connectivity index (χ0) is 29.8.